The molecule has 3 nitrogen and oxygen atoms in total. The van der Waals surface area contributed by atoms with E-state index >= 15 is 0 Å². The zero-order valence-corrected chi connectivity index (χ0v) is 9.20. The van der Waals surface area contributed by atoms with Gasteiger partial charge in [0.1, 0.15) is 5.82 Å². The summed E-state index contributed by atoms with van der Waals surface area (Å²) in [6.45, 7) is 6.29. The fraction of sp³-hybridized carbons (Fsp3) is 0.636. The molecule has 78 valence electrons. The van der Waals surface area contributed by atoms with Gasteiger partial charge >= 0.3 is 0 Å². The van der Waals surface area contributed by atoms with E-state index in [1.807, 2.05) is 19.3 Å². The van der Waals surface area contributed by atoms with E-state index < -0.39 is 0 Å². The SMILES string of the molecule is CCC(CC)C(N)c1ncc(C)cn1. The number of hydrogen-bond donors (Lipinski definition) is 1. The molecule has 1 rings (SSSR count). The molecule has 0 fully saturated rings. The Kier molecular flexibility index (Phi) is 4.01. The van der Waals surface area contributed by atoms with Gasteiger partial charge in [0.25, 0.3) is 0 Å². The Hall–Kier alpha value is -0.960. The van der Waals surface area contributed by atoms with Crippen LogP contribution in [0, 0.1) is 12.8 Å². The van der Waals surface area contributed by atoms with Crippen molar-refractivity contribution in [3.05, 3.63) is 23.8 Å². The Morgan fingerprint density at radius 2 is 1.71 bits per heavy atom. The highest BCUT2D eigenvalue weighted by Crippen LogP contribution is 2.21. The molecule has 0 aliphatic rings. The predicted octanol–water partition coefficient (Wildman–Crippen LogP) is 2.22. The van der Waals surface area contributed by atoms with Crippen molar-refractivity contribution in [2.45, 2.75) is 39.7 Å². The molecule has 14 heavy (non-hydrogen) atoms. The van der Waals surface area contributed by atoms with Crippen LogP contribution in [0.2, 0.25) is 0 Å². The molecule has 0 bridgehead atoms. The van der Waals surface area contributed by atoms with E-state index in [4.69, 9.17) is 5.73 Å². The Balaban J connectivity index is 2.77. The number of nitrogens with two attached hydrogens (primary N) is 1. The number of aryl methyl sites for hydroxylation is 1. The number of nitrogens with zero attached hydrogens (tertiary/aromatic N) is 2. The molecule has 0 aliphatic carbocycles. The molecule has 0 amide bonds. The lowest BCUT2D eigenvalue weighted by atomic mass is 9.94. The largest absolute Gasteiger partial charge is 0.321 e. The van der Waals surface area contributed by atoms with E-state index in [1.54, 1.807) is 0 Å². The quantitative estimate of drug-likeness (QED) is 0.797. The summed E-state index contributed by atoms with van der Waals surface area (Å²) in [5.74, 6) is 1.25. The van der Waals surface area contributed by atoms with Crippen molar-refractivity contribution in [2.75, 3.05) is 0 Å². The third-order valence-electron chi connectivity index (χ3n) is 2.66. The van der Waals surface area contributed by atoms with Gasteiger partial charge in [0, 0.05) is 12.4 Å². The minimum absolute atomic E-state index is 0.0226. The van der Waals surface area contributed by atoms with Gasteiger partial charge in [-0.05, 0) is 18.4 Å². The van der Waals surface area contributed by atoms with Crippen LogP contribution in [0.15, 0.2) is 12.4 Å². The van der Waals surface area contributed by atoms with E-state index in [1.165, 1.54) is 0 Å². The average Bonchev–Trinajstić information content (AvgIpc) is 2.20. The van der Waals surface area contributed by atoms with Crippen LogP contribution in [0.5, 0.6) is 0 Å². The summed E-state index contributed by atoms with van der Waals surface area (Å²) in [6.07, 6.45) is 5.80. The second-order valence-corrected chi connectivity index (χ2v) is 3.72. The molecule has 1 unspecified atom stereocenters. The monoisotopic (exact) mass is 193 g/mol. The molecule has 1 atom stereocenters. The van der Waals surface area contributed by atoms with Gasteiger partial charge in [0.15, 0.2) is 0 Å². The van der Waals surface area contributed by atoms with Gasteiger partial charge in [0.2, 0.25) is 0 Å². The van der Waals surface area contributed by atoms with Gasteiger partial charge in [-0.1, -0.05) is 26.7 Å². The highest BCUT2D eigenvalue weighted by Gasteiger charge is 2.17. The lowest BCUT2D eigenvalue weighted by Crippen LogP contribution is -2.22. The third kappa shape index (κ3) is 2.51. The van der Waals surface area contributed by atoms with Gasteiger partial charge in [-0.25, -0.2) is 9.97 Å². The fourth-order valence-electron chi connectivity index (χ4n) is 1.58. The molecular formula is C11H19N3. The molecule has 3 heteroatoms. The van der Waals surface area contributed by atoms with Crippen molar-refractivity contribution in [3.63, 3.8) is 0 Å². The second kappa shape index (κ2) is 5.05. The minimum atomic E-state index is -0.0226. The first-order valence-corrected chi connectivity index (χ1v) is 5.23. The van der Waals surface area contributed by atoms with Crippen LogP contribution < -0.4 is 5.73 Å². The minimum Gasteiger partial charge on any atom is -0.321 e. The Bertz CT molecular complexity index is 264. The van der Waals surface area contributed by atoms with E-state index in [2.05, 4.69) is 23.8 Å². The van der Waals surface area contributed by atoms with Crippen molar-refractivity contribution in [2.24, 2.45) is 11.7 Å². The maximum Gasteiger partial charge on any atom is 0.145 e. The summed E-state index contributed by atoms with van der Waals surface area (Å²) in [7, 11) is 0. The van der Waals surface area contributed by atoms with Crippen molar-refractivity contribution >= 4 is 0 Å². The molecule has 1 aromatic rings. The summed E-state index contributed by atoms with van der Waals surface area (Å²) in [5, 5.41) is 0. The lowest BCUT2D eigenvalue weighted by molar-refractivity contribution is 0.391. The molecule has 0 spiro atoms. The molecule has 1 aromatic heterocycles. The fourth-order valence-corrected chi connectivity index (χ4v) is 1.58. The standard InChI is InChI=1S/C11H19N3/c1-4-9(5-2)10(12)11-13-6-8(3)7-14-11/h6-7,9-10H,4-5,12H2,1-3H3. The van der Waals surface area contributed by atoms with E-state index in [0.29, 0.717) is 5.92 Å². The normalized spacial score (nSPS) is 13.2. The van der Waals surface area contributed by atoms with Crippen LogP contribution in [0.1, 0.15) is 44.1 Å². The topological polar surface area (TPSA) is 51.8 Å². The summed E-state index contributed by atoms with van der Waals surface area (Å²) in [4.78, 5) is 8.52. The Morgan fingerprint density at radius 1 is 1.21 bits per heavy atom. The zero-order valence-electron chi connectivity index (χ0n) is 9.20. The van der Waals surface area contributed by atoms with Crippen molar-refractivity contribution in [3.8, 4) is 0 Å². The van der Waals surface area contributed by atoms with Gasteiger partial charge in [-0.15, -0.1) is 0 Å². The first-order valence-electron chi connectivity index (χ1n) is 5.23. The van der Waals surface area contributed by atoms with Crippen LogP contribution in [-0.4, -0.2) is 9.97 Å². The Labute approximate surface area is 85.8 Å². The van der Waals surface area contributed by atoms with Crippen LogP contribution >= 0.6 is 0 Å². The van der Waals surface area contributed by atoms with E-state index in [0.717, 1.165) is 24.2 Å². The molecular weight excluding hydrogens is 174 g/mol. The number of aromatic nitrogens is 2. The maximum atomic E-state index is 6.09. The highest BCUT2D eigenvalue weighted by molar-refractivity contribution is 5.04. The molecule has 2 N–H and O–H groups in total. The Morgan fingerprint density at radius 3 is 2.14 bits per heavy atom. The number of rotatable bonds is 4. The number of hydrogen-bond acceptors (Lipinski definition) is 3. The van der Waals surface area contributed by atoms with Gasteiger partial charge in [0.05, 0.1) is 6.04 Å². The average molecular weight is 193 g/mol. The first-order chi connectivity index (χ1) is 6.69. The second-order valence-electron chi connectivity index (χ2n) is 3.72. The van der Waals surface area contributed by atoms with Gasteiger partial charge < -0.3 is 5.73 Å². The summed E-state index contributed by atoms with van der Waals surface area (Å²) >= 11 is 0. The van der Waals surface area contributed by atoms with Crippen LogP contribution in [0.4, 0.5) is 0 Å². The van der Waals surface area contributed by atoms with Crippen molar-refractivity contribution < 1.29 is 0 Å². The molecule has 0 saturated carbocycles. The van der Waals surface area contributed by atoms with Gasteiger partial charge in [-0.3, -0.25) is 0 Å². The van der Waals surface area contributed by atoms with Gasteiger partial charge in [-0.2, -0.15) is 0 Å². The first kappa shape index (κ1) is 11.1. The van der Waals surface area contributed by atoms with Crippen LogP contribution in [0.25, 0.3) is 0 Å². The summed E-state index contributed by atoms with van der Waals surface area (Å²) in [6, 6.07) is -0.0226. The van der Waals surface area contributed by atoms with Crippen LogP contribution in [-0.2, 0) is 0 Å². The summed E-state index contributed by atoms with van der Waals surface area (Å²) in [5.41, 5.74) is 7.16. The highest BCUT2D eigenvalue weighted by atomic mass is 14.9. The van der Waals surface area contributed by atoms with E-state index in [9.17, 15) is 0 Å². The molecule has 0 aliphatic heterocycles. The molecule has 0 aromatic carbocycles. The molecule has 0 radical (unpaired) electrons. The van der Waals surface area contributed by atoms with E-state index in [-0.39, 0.29) is 6.04 Å². The predicted molar refractivity (Wildman–Crippen MR) is 57.8 cm³/mol. The van der Waals surface area contributed by atoms with Crippen molar-refractivity contribution in [1.82, 2.24) is 9.97 Å². The van der Waals surface area contributed by atoms with Crippen LogP contribution in [0.3, 0.4) is 0 Å². The summed E-state index contributed by atoms with van der Waals surface area (Å²) < 4.78 is 0. The zero-order chi connectivity index (χ0) is 10.6. The van der Waals surface area contributed by atoms with Crippen molar-refractivity contribution in [1.29, 1.82) is 0 Å². The lowest BCUT2D eigenvalue weighted by Gasteiger charge is -2.19. The maximum absolute atomic E-state index is 6.09. The third-order valence-corrected chi connectivity index (χ3v) is 2.66. The smallest absolute Gasteiger partial charge is 0.145 e. The molecule has 1 heterocycles. The molecule has 0 saturated heterocycles.